The van der Waals surface area contributed by atoms with Crippen LogP contribution in [0.4, 0.5) is 0 Å². The lowest BCUT2D eigenvalue weighted by atomic mass is 9.87. The zero-order chi connectivity index (χ0) is 19.0. The second-order valence-corrected chi connectivity index (χ2v) is 5.85. The van der Waals surface area contributed by atoms with Gasteiger partial charge < -0.3 is 25.0 Å². The van der Waals surface area contributed by atoms with Gasteiger partial charge in [0.2, 0.25) is 5.91 Å². The number of hydrogen-bond acceptors (Lipinski definition) is 7. The third-order valence-electron chi connectivity index (χ3n) is 3.52. The van der Waals surface area contributed by atoms with Crippen LogP contribution in [0.5, 0.6) is 0 Å². The van der Waals surface area contributed by atoms with Gasteiger partial charge >= 0.3 is 17.9 Å². The van der Waals surface area contributed by atoms with Gasteiger partial charge in [0, 0.05) is 5.92 Å². The van der Waals surface area contributed by atoms with Crippen LogP contribution in [-0.2, 0) is 28.7 Å². The third-order valence-corrected chi connectivity index (χ3v) is 3.52. The summed E-state index contributed by atoms with van der Waals surface area (Å²) in [4.78, 5) is 46.9. The molecule has 0 radical (unpaired) electrons. The minimum absolute atomic E-state index is 0.0179. The van der Waals surface area contributed by atoms with E-state index >= 15 is 0 Å². The van der Waals surface area contributed by atoms with E-state index in [0.717, 1.165) is 14.2 Å². The van der Waals surface area contributed by atoms with Gasteiger partial charge in [0.25, 0.3) is 0 Å². The van der Waals surface area contributed by atoms with Gasteiger partial charge in [-0.1, -0.05) is 20.8 Å². The average Bonchev–Trinajstić information content (AvgIpc) is 2.50. The fourth-order valence-corrected chi connectivity index (χ4v) is 2.19. The number of methoxy groups -OCH3 is 2. The lowest BCUT2D eigenvalue weighted by Gasteiger charge is -2.26. The first-order valence-corrected chi connectivity index (χ1v) is 7.43. The predicted molar refractivity (Wildman–Crippen MR) is 81.7 cm³/mol. The Bertz CT molecular complexity index is 460. The first kappa shape index (κ1) is 21.8. The topological polar surface area (TPSA) is 139 Å². The Kier molecular flexibility index (Phi) is 8.97. The molecule has 24 heavy (non-hydrogen) atoms. The van der Waals surface area contributed by atoms with Crippen molar-refractivity contribution < 1.29 is 38.9 Å². The maximum atomic E-state index is 11.9. The van der Waals surface area contributed by atoms with Crippen molar-refractivity contribution in [3.63, 3.8) is 0 Å². The summed E-state index contributed by atoms with van der Waals surface area (Å²) in [5.41, 5.74) is 0. The number of esters is 2. The second-order valence-electron chi connectivity index (χ2n) is 5.85. The van der Waals surface area contributed by atoms with Crippen molar-refractivity contribution in [1.82, 2.24) is 5.32 Å². The summed E-state index contributed by atoms with van der Waals surface area (Å²) in [6.07, 6.45) is -1.25. The molecule has 3 atom stereocenters. The van der Waals surface area contributed by atoms with Crippen LogP contribution in [0.2, 0.25) is 0 Å². The van der Waals surface area contributed by atoms with E-state index in [1.54, 1.807) is 13.8 Å². The summed E-state index contributed by atoms with van der Waals surface area (Å²) < 4.78 is 8.99. The molecule has 0 aromatic heterocycles. The number of aliphatic hydroxyl groups is 1. The number of aliphatic hydroxyl groups excluding tert-OH is 1. The highest BCUT2D eigenvalue weighted by Gasteiger charge is 2.42. The minimum Gasteiger partial charge on any atom is -0.480 e. The van der Waals surface area contributed by atoms with E-state index < -0.39 is 47.8 Å². The van der Waals surface area contributed by atoms with Crippen LogP contribution in [-0.4, -0.2) is 60.4 Å². The molecule has 0 fully saturated rings. The van der Waals surface area contributed by atoms with E-state index in [2.05, 4.69) is 14.8 Å². The molecule has 3 N–H and O–H groups in total. The van der Waals surface area contributed by atoms with Gasteiger partial charge in [-0.3, -0.25) is 14.4 Å². The lowest BCUT2D eigenvalue weighted by Crippen LogP contribution is -2.52. The third kappa shape index (κ3) is 6.15. The van der Waals surface area contributed by atoms with E-state index in [4.69, 9.17) is 0 Å². The van der Waals surface area contributed by atoms with Gasteiger partial charge in [-0.15, -0.1) is 0 Å². The fourth-order valence-electron chi connectivity index (χ4n) is 2.19. The molecule has 0 aromatic carbocycles. The molecule has 9 nitrogen and oxygen atoms in total. The molecule has 0 heterocycles. The maximum Gasteiger partial charge on any atom is 0.326 e. The molecule has 0 aromatic rings. The molecular weight excluding hydrogens is 322 g/mol. The van der Waals surface area contributed by atoms with Crippen LogP contribution in [0.3, 0.4) is 0 Å². The predicted octanol–water partition coefficient (Wildman–Crippen LogP) is -0.439. The molecule has 0 aliphatic heterocycles. The van der Waals surface area contributed by atoms with Crippen LogP contribution in [0.1, 0.15) is 27.2 Å². The monoisotopic (exact) mass is 347 g/mol. The van der Waals surface area contributed by atoms with Gasteiger partial charge in [0.1, 0.15) is 12.1 Å². The number of amides is 1. The number of carboxylic acids is 1. The van der Waals surface area contributed by atoms with Crippen molar-refractivity contribution in [2.24, 2.45) is 17.8 Å². The molecule has 0 aliphatic rings. The van der Waals surface area contributed by atoms with Crippen molar-refractivity contribution in [3.8, 4) is 0 Å². The van der Waals surface area contributed by atoms with Crippen molar-refractivity contribution >= 4 is 23.8 Å². The highest BCUT2D eigenvalue weighted by molar-refractivity contribution is 5.96. The molecule has 0 aliphatic carbocycles. The molecule has 1 amide bonds. The van der Waals surface area contributed by atoms with Crippen molar-refractivity contribution in [3.05, 3.63) is 0 Å². The smallest absolute Gasteiger partial charge is 0.326 e. The molecule has 0 unspecified atom stereocenters. The molecule has 9 heteroatoms. The molecule has 0 rings (SSSR count). The number of ether oxygens (including phenoxy) is 2. The number of carboxylic acid groups (broad SMARTS) is 1. The Labute approximate surface area is 140 Å². The first-order chi connectivity index (χ1) is 11.1. The number of rotatable bonds is 9. The van der Waals surface area contributed by atoms with Crippen LogP contribution < -0.4 is 5.32 Å². The number of aliphatic carboxylic acids is 1. The fraction of sp³-hybridized carbons (Fsp3) is 0.733. The van der Waals surface area contributed by atoms with Crippen LogP contribution >= 0.6 is 0 Å². The Hall–Kier alpha value is -2.16. The summed E-state index contributed by atoms with van der Waals surface area (Å²) in [5.74, 6) is -6.96. The van der Waals surface area contributed by atoms with Gasteiger partial charge in [-0.2, -0.15) is 0 Å². The normalized spacial score (nSPS) is 14.7. The van der Waals surface area contributed by atoms with E-state index in [0.29, 0.717) is 0 Å². The zero-order valence-corrected chi connectivity index (χ0v) is 14.4. The van der Waals surface area contributed by atoms with Gasteiger partial charge in [-0.25, -0.2) is 4.79 Å². The van der Waals surface area contributed by atoms with Crippen LogP contribution in [0.15, 0.2) is 0 Å². The number of carbonyl (C=O) groups is 4. The van der Waals surface area contributed by atoms with E-state index in [1.807, 2.05) is 0 Å². The van der Waals surface area contributed by atoms with Gasteiger partial charge in [0.05, 0.1) is 14.2 Å². The van der Waals surface area contributed by atoms with Crippen molar-refractivity contribution in [1.29, 1.82) is 0 Å². The SMILES string of the molecule is COC(=O)C(C(=O)OC)[C@@H](C)[C@@H](NC(=O)[C@@H](O)CC(C)C)C(=O)O. The summed E-state index contributed by atoms with van der Waals surface area (Å²) in [5, 5.41) is 21.2. The summed E-state index contributed by atoms with van der Waals surface area (Å²) in [6.45, 7) is 4.88. The average molecular weight is 347 g/mol. The highest BCUT2D eigenvalue weighted by atomic mass is 16.5. The summed E-state index contributed by atoms with van der Waals surface area (Å²) in [6, 6.07) is -1.58. The molecular formula is C15H25NO8. The molecule has 138 valence electrons. The standard InChI is InChI=1S/C15H25NO8/c1-7(2)6-9(17)12(18)16-11(13(19)20)8(3)10(14(21)23-4)15(22)24-5/h7-11,17H,6H2,1-5H3,(H,16,18)(H,19,20)/t8-,9+,11-/m1/s1. The van der Waals surface area contributed by atoms with Crippen LogP contribution in [0.25, 0.3) is 0 Å². The Morgan fingerprint density at radius 3 is 1.79 bits per heavy atom. The second kappa shape index (κ2) is 9.86. The van der Waals surface area contributed by atoms with E-state index in [9.17, 15) is 29.4 Å². The summed E-state index contributed by atoms with van der Waals surface area (Å²) >= 11 is 0. The van der Waals surface area contributed by atoms with Crippen LogP contribution in [0, 0.1) is 17.8 Å². The largest absolute Gasteiger partial charge is 0.480 e. The zero-order valence-electron chi connectivity index (χ0n) is 14.4. The van der Waals surface area contributed by atoms with Gasteiger partial charge in [0.15, 0.2) is 5.92 Å². The molecule has 0 saturated carbocycles. The quantitative estimate of drug-likeness (QED) is 0.377. The van der Waals surface area contributed by atoms with Crippen molar-refractivity contribution in [2.75, 3.05) is 14.2 Å². The number of nitrogens with one attached hydrogen (secondary N) is 1. The number of carbonyl (C=O) groups excluding carboxylic acids is 3. The lowest BCUT2D eigenvalue weighted by molar-refractivity contribution is -0.163. The van der Waals surface area contributed by atoms with Gasteiger partial charge in [-0.05, 0) is 12.3 Å². The van der Waals surface area contributed by atoms with E-state index in [-0.39, 0.29) is 12.3 Å². The maximum absolute atomic E-state index is 11.9. The molecule has 0 spiro atoms. The highest BCUT2D eigenvalue weighted by Crippen LogP contribution is 2.20. The van der Waals surface area contributed by atoms with E-state index in [1.165, 1.54) is 6.92 Å². The minimum atomic E-state index is -1.58. The Morgan fingerprint density at radius 1 is 1.00 bits per heavy atom. The Balaban J connectivity index is 5.34. The molecule has 0 saturated heterocycles. The molecule has 0 bridgehead atoms. The summed E-state index contributed by atoms with van der Waals surface area (Å²) in [7, 11) is 2.09. The number of hydrogen-bond donors (Lipinski definition) is 3. The Morgan fingerprint density at radius 2 is 1.46 bits per heavy atom. The first-order valence-electron chi connectivity index (χ1n) is 7.43. The van der Waals surface area contributed by atoms with Crippen molar-refractivity contribution in [2.45, 2.75) is 39.3 Å².